The molecule has 1 nitrogen and oxygen atoms in total. The minimum atomic E-state index is 0.530. The van der Waals surface area contributed by atoms with Crippen molar-refractivity contribution in [2.45, 2.75) is 59.8 Å². The normalized spacial score (nSPS) is 16.6. The summed E-state index contributed by atoms with van der Waals surface area (Å²) in [6.45, 7) is 14.4. The first kappa shape index (κ1) is 17.1. The van der Waals surface area contributed by atoms with E-state index in [1.54, 1.807) is 0 Å². The molecule has 128 valence electrons. The lowest BCUT2D eigenvalue weighted by molar-refractivity contribution is 0.302. The lowest BCUT2D eigenvalue weighted by atomic mass is 9.84. The maximum Gasteiger partial charge on any atom is 0.126 e. The molecule has 24 heavy (non-hydrogen) atoms. The summed E-state index contributed by atoms with van der Waals surface area (Å²) in [6, 6.07) is 11.4. The largest absolute Gasteiger partial charge is 0.492 e. The van der Waals surface area contributed by atoms with Crippen LogP contribution in [0.15, 0.2) is 30.3 Å². The molecule has 0 bridgehead atoms. The Morgan fingerprint density at radius 2 is 1.67 bits per heavy atom. The molecule has 1 atom stereocenters. The zero-order chi connectivity index (χ0) is 17.4. The number of benzene rings is 2. The van der Waals surface area contributed by atoms with Gasteiger partial charge in [0.05, 0.1) is 6.61 Å². The average molecular weight is 322 g/mol. The number of hydrogen-bond donors (Lipinski definition) is 0. The second kappa shape index (κ2) is 6.63. The highest BCUT2D eigenvalue weighted by Gasteiger charge is 2.31. The van der Waals surface area contributed by atoms with E-state index in [1.165, 1.54) is 39.1 Å². The average Bonchev–Trinajstić information content (AvgIpc) is 2.97. The van der Waals surface area contributed by atoms with Crippen molar-refractivity contribution in [3.05, 3.63) is 63.7 Å². The fourth-order valence-corrected chi connectivity index (χ4v) is 3.86. The molecule has 0 aliphatic carbocycles. The van der Waals surface area contributed by atoms with Gasteiger partial charge in [0.25, 0.3) is 0 Å². The molecule has 0 aromatic heterocycles. The van der Waals surface area contributed by atoms with Crippen molar-refractivity contribution < 1.29 is 4.74 Å². The second-order valence-corrected chi connectivity index (χ2v) is 7.97. The smallest absolute Gasteiger partial charge is 0.126 e. The molecule has 2 aromatic rings. The van der Waals surface area contributed by atoms with Crippen LogP contribution in [-0.4, -0.2) is 6.61 Å². The van der Waals surface area contributed by atoms with Crippen LogP contribution in [0.5, 0.6) is 5.75 Å². The van der Waals surface area contributed by atoms with Gasteiger partial charge in [-0.25, -0.2) is 0 Å². The molecule has 1 aliphatic heterocycles. The van der Waals surface area contributed by atoms with Crippen LogP contribution in [0.1, 0.15) is 72.9 Å². The molecule has 0 N–H and O–H groups in total. The zero-order valence-electron chi connectivity index (χ0n) is 15.9. The second-order valence-electron chi connectivity index (χ2n) is 7.97. The van der Waals surface area contributed by atoms with Crippen LogP contribution in [0.4, 0.5) is 0 Å². The first-order valence-corrected chi connectivity index (χ1v) is 9.23. The number of fused-ring (bicyclic) bond motifs is 1. The zero-order valence-corrected chi connectivity index (χ0v) is 15.9. The van der Waals surface area contributed by atoms with Gasteiger partial charge in [0.15, 0.2) is 0 Å². The summed E-state index contributed by atoms with van der Waals surface area (Å²) in [6.07, 6.45) is 0.956. The summed E-state index contributed by atoms with van der Waals surface area (Å²) < 4.78 is 6.20. The Labute approximate surface area is 147 Å². The van der Waals surface area contributed by atoms with Gasteiger partial charge in [-0.15, -0.1) is 0 Å². The van der Waals surface area contributed by atoms with Crippen LogP contribution >= 0.6 is 0 Å². The third kappa shape index (κ3) is 3.09. The maximum absolute atomic E-state index is 6.20. The third-order valence-electron chi connectivity index (χ3n) is 5.46. The first-order chi connectivity index (χ1) is 11.4. The van der Waals surface area contributed by atoms with Gasteiger partial charge < -0.3 is 4.74 Å². The number of rotatable bonds is 4. The van der Waals surface area contributed by atoms with E-state index in [2.05, 4.69) is 71.9 Å². The summed E-state index contributed by atoms with van der Waals surface area (Å²) in [4.78, 5) is 0. The van der Waals surface area contributed by atoms with Crippen LogP contribution in [0.25, 0.3) is 0 Å². The highest BCUT2D eigenvalue weighted by atomic mass is 16.5. The predicted molar refractivity (Wildman–Crippen MR) is 102 cm³/mol. The fraction of sp³-hybridized carbons (Fsp3) is 0.478. The summed E-state index contributed by atoms with van der Waals surface area (Å²) in [7, 11) is 0. The predicted octanol–water partition coefficient (Wildman–Crippen LogP) is 6.15. The molecule has 0 fully saturated rings. The van der Waals surface area contributed by atoms with Gasteiger partial charge in [-0.2, -0.15) is 0 Å². The Kier molecular flexibility index (Phi) is 4.71. The van der Waals surface area contributed by atoms with Crippen LogP contribution in [0.2, 0.25) is 0 Å². The Morgan fingerprint density at radius 1 is 1.00 bits per heavy atom. The van der Waals surface area contributed by atoms with Gasteiger partial charge in [0.1, 0.15) is 5.75 Å². The monoisotopic (exact) mass is 322 g/mol. The molecule has 1 heteroatoms. The van der Waals surface area contributed by atoms with E-state index in [-0.39, 0.29) is 0 Å². The fourth-order valence-electron chi connectivity index (χ4n) is 3.86. The standard InChI is InChI=1S/C23H30O/c1-14(2)19-9-7-18(8-10-19)12-20-16(5)11-17(6)22-21(15(3)4)13-24-23(20)22/h7-11,14-15,21H,12-13H2,1-6H3. The van der Waals surface area contributed by atoms with Gasteiger partial charge in [0, 0.05) is 23.5 Å². The van der Waals surface area contributed by atoms with Crippen LogP contribution < -0.4 is 4.74 Å². The van der Waals surface area contributed by atoms with Crippen molar-refractivity contribution >= 4 is 0 Å². The number of hydrogen-bond acceptors (Lipinski definition) is 1. The Hall–Kier alpha value is -1.76. The van der Waals surface area contributed by atoms with Crippen LogP contribution in [-0.2, 0) is 6.42 Å². The molecule has 1 unspecified atom stereocenters. The van der Waals surface area contributed by atoms with E-state index in [0.717, 1.165) is 13.0 Å². The lowest BCUT2D eigenvalue weighted by Crippen LogP contribution is -2.08. The number of ether oxygens (including phenoxy) is 1. The van der Waals surface area contributed by atoms with Crippen molar-refractivity contribution in [3.8, 4) is 5.75 Å². The van der Waals surface area contributed by atoms with E-state index < -0.39 is 0 Å². The summed E-state index contributed by atoms with van der Waals surface area (Å²) in [5.41, 5.74) is 8.33. The minimum absolute atomic E-state index is 0.530. The van der Waals surface area contributed by atoms with E-state index in [0.29, 0.717) is 17.8 Å². The van der Waals surface area contributed by atoms with E-state index in [4.69, 9.17) is 4.74 Å². The van der Waals surface area contributed by atoms with Crippen LogP contribution in [0.3, 0.4) is 0 Å². The molecular weight excluding hydrogens is 292 g/mol. The molecular formula is C23H30O. The van der Waals surface area contributed by atoms with E-state index >= 15 is 0 Å². The van der Waals surface area contributed by atoms with Crippen molar-refractivity contribution in [1.29, 1.82) is 0 Å². The van der Waals surface area contributed by atoms with Crippen molar-refractivity contribution in [2.75, 3.05) is 6.61 Å². The van der Waals surface area contributed by atoms with Gasteiger partial charge in [-0.1, -0.05) is 58.0 Å². The van der Waals surface area contributed by atoms with Gasteiger partial charge in [-0.3, -0.25) is 0 Å². The molecule has 1 heterocycles. The van der Waals surface area contributed by atoms with E-state index in [1.807, 2.05) is 0 Å². The van der Waals surface area contributed by atoms with Crippen molar-refractivity contribution in [1.82, 2.24) is 0 Å². The molecule has 0 spiro atoms. The minimum Gasteiger partial charge on any atom is -0.492 e. The molecule has 0 radical (unpaired) electrons. The first-order valence-electron chi connectivity index (χ1n) is 9.23. The molecule has 0 saturated heterocycles. The summed E-state index contributed by atoms with van der Waals surface area (Å²) in [5.74, 6) is 2.90. The summed E-state index contributed by atoms with van der Waals surface area (Å²) >= 11 is 0. The highest BCUT2D eigenvalue weighted by Crippen LogP contribution is 2.44. The van der Waals surface area contributed by atoms with Gasteiger partial charge >= 0.3 is 0 Å². The third-order valence-corrected chi connectivity index (χ3v) is 5.46. The molecule has 3 rings (SSSR count). The molecule has 1 aliphatic rings. The van der Waals surface area contributed by atoms with Gasteiger partial charge in [-0.05, 0) is 47.9 Å². The molecule has 0 saturated carbocycles. The summed E-state index contributed by atoms with van der Waals surface area (Å²) in [5, 5.41) is 0. The van der Waals surface area contributed by atoms with Gasteiger partial charge in [0.2, 0.25) is 0 Å². The maximum atomic E-state index is 6.20. The quantitative estimate of drug-likeness (QED) is 0.656. The van der Waals surface area contributed by atoms with E-state index in [9.17, 15) is 0 Å². The SMILES string of the molecule is Cc1cc(C)c2c(c1Cc1ccc(C(C)C)cc1)OCC2C(C)C. The number of aryl methyl sites for hydroxylation is 2. The topological polar surface area (TPSA) is 9.23 Å². The highest BCUT2D eigenvalue weighted by molar-refractivity contribution is 5.55. The van der Waals surface area contributed by atoms with Crippen LogP contribution in [0, 0.1) is 19.8 Å². The lowest BCUT2D eigenvalue weighted by Gasteiger charge is -2.18. The van der Waals surface area contributed by atoms with Crippen molar-refractivity contribution in [3.63, 3.8) is 0 Å². The Balaban J connectivity index is 1.97. The molecule has 0 amide bonds. The Morgan fingerprint density at radius 3 is 2.25 bits per heavy atom. The molecule has 2 aromatic carbocycles. The Bertz CT molecular complexity index is 723. The van der Waals surface area contributed by atoms with Crippen molar-refractivity contribution in [2.24, 2.45) is 5.92 Å².